The summed E-state index contributed by atoms with van der Waals surface area (Å²) in [5.74, 6) is 1.38. The van der Waals surface area contributed by atoms with Gasteiger partial charge in [-0.25, -0.2) is 19.9 Å². The van der Waals surface area contributed by atoms with E-state index in [1.807, 2.05) is 128 Å². The van der Waals surface area contributed by atoms with E-state index in [9.17, 15) is 0 Å². The van der Waals surface area contributed by atoms with Crippen molar-refractivity contribution in [3.63, 3.8) is 0 Å². The quantitative estimate of drug-likeness (QED) is 0.103. The minimum absolute atomic E-state index is 0.678. The lowest BCUT2D eigenvalue weighted by atomic mass is 9.86. The zero-order valence-corrected chi connectivity index (χ0v) is 64.9. The fourth-order valence-electron chi connectivity index (χ4n) is 15.0. The molecule has 0 aliphatic heterocycles. The van der Waals surface area contributed by atoms with Gasteiger partial charge >= 0.3 is 0 Å². The van der Waals surface area contributed by atoms with E-state index in [2.05, 4.69) is 269 Å². The molecule has 0 aliphatic carbocycles. The van der Waals surface area contributed by atoms with E-state index >= 15 is 0 Å². The first kappa shape index (κ1) is 72.1. The third-order valence-electron chi connectivity index (χ3n) is 21.4. The monoisotopic (exact) mass is 1530 g/mol. The van der Waals surface area contributed by atoms with Crippen molar-refractivity contribution in [2.75, 3.05) is 0 Å². The van der Waals surface area contributed by atoms with Gasteiger partial charge in [0.2, 0.25) is 0 Å². The standard InChI is InChI=1S/C49H31N3.C27H18BN3.C22H13Br.C6H14O2.H2/c1-3-14-32(15-4-1)46-30-47(52-49(51-46)33-16-5-2-6-17-33)37-27-35(34-18-13-25-50-31-34)26-36(28-37)44-29-45-40-21-8-7-19-38(40)39-20-9-11-23-42(39)48(45)43-24-12-10-22-41(43)44;28-24-15-22(21-12-7-13-29-18-21)14-23(16-24)26-17-25(19-8-3-1-4-9-19)30-27(31-26)20-10-5-2-6-11-20;23-21-13-20-16-9-2-1-7-14(16)15-8-3-5-11-18(15)22(20)19-12-6-4-10-17(19)21;1-5(2,7)6(3,4)8;/h1-31H;1-18H;1-13H;7-8H,1-4H3;1H/i;;;;1+1D. The van der Waals surface area contributed by atoms with E-state index in [1.165, 1.54) is 91.7 Å². The summed E-state index contributed by atoms with van der Waals surface area (Å²) in [7, 11) is 6.27. The molecule has 0 amide bonds. The minimum Gasteiger partial charge on any atom is -0.387 e. The molecule has 0 aliphatic rings. The first-order chi connectivity index (χ1) is 56.6. The number of pyridine rings is 2. The molecule has 0 bridgehead atoms. The molecule has 0 saturated heterocycles. The van der Waals surface area contributed by atoms with Gasteiger partial charge in [0, 0.05) is 71.2 Å². The first-order valence-electron chi connectivity index (χ1n) is 39.1. The van der Waals surface area contributed by atoms with E-state index in [1.54, 1.807) is 33.9 Å². The minimum atomic E-state index is -1.01. The SMILES string of the molecule is Brc1cc2c3ccccc3c3ccccc3c2c2ccccc12.CC(C)(O)C(C)(C)O.[2H][2H].[B]c1cc(-c2cccnc2)cc(-c2cc(-c3ccccc3)nc(-c3ccccc3)n2)c1.c1ccc(-c2cc(-c3cc(-c4cccnc4)cc(-c4cc5c6ccccc6c6ccccc6c5c5ccccc45)c3)nc(-c3ccccc3)n2)cc1. The molecule has 16 aromatic carbocycles. The molecule has 0 atom stereocenters. The molecule has 8 nitrogen and oxygen atoms in total. The predicted molar refractivity (Wildman–Crippen MR) is 483 cm³/mol. The van der Waals surface area contributed by atoms with Gasteiger partial charge in [-0.2, -0.15) is 0 Å². The number of hydrogen-bond donors (Lipinski definition) is 2. The maximum absolute atomic E-state index is 9.10. The average molecular weight is 1540 g/mol. The second-order valence-electron chi connectivity index (χ2n) is 29.5. The molecule has 2 N–H and O–H groups in total. The van der Waals surface area contributed by atoms with Gasteiger partial charge in [-0.05, 0) is 202 Å². The Kier molecular flexibility index (Phi) is 20.1. The fourth-order valence-corrected chi connectivity index (χ4v) is 15.6. The maximum Gasteiger partial charge on any atom is 0.160 e. The van der Waals surface area contributed by atoms with Crippen LogP contribution in [0.2, 0.25) is 0 Å². The molecule has 0 spiro atoms. The number of aliphatic hydroxyl groups is 2. The number of halogens is 1. The highest BCUT2D eigenvalue weighted by atomic mass is 79.9. The summed E-state index contributed by atoms with van der Waals surface area (Å²) in [5.41, 5.74) is 14.5. The highest BCUT2D eigenvalue weighted by molar-refractivity contribution is 9.10. The van der Waals surface area contributed by atoms with Crippen LogP contribution in [0.4, 0.5) is 0 Å². The van der Waals surface area contributed by atoms with Crippen LogP contribution in [0.3, 0.4) is 0 Å². The van der Waals surface area contributed by atoms with Gasteiger partial charge in [0.05, 0.1) is 34.0 Å². The number of fused-ring (bicyclic) bond motifs is 16. The highest BCUT2D eigenvalue weighted by Crippen LogP contribution is 2.46. The van der Waals surface area contributed by atoms with Crippen LogP contribution in [0.15, 0.2) is 381 Å². The zero-order chi connectivity index (χ0) is 79.9. The number of aromatic nitrogens is 6. The summed E-state index contributed by atoms with van der Waals surface area (Å²) < 4.78 is 11.2. The van der Waals surface area contributed by atoms with Crippen molar-refractivity contribution in [1.29, 1.82) is 0 Å². The van der Waals surface area contributed by atoms with Crippen LogP contribution in [-0.4, -0.2) is 59.2 Å². The Hall–Kier alpha value is -13.5. The summed E-state index contributed by atoms with van der Waals surface area (Å²) in [6.07, 6.45) is 7.36. The summed E-state index contributed by atoms with van der Waals surface area (Å²) >= 11 is 3.77. The average Bonchev–Trinajstić information content (AvgIpc) is 0.728. The normalized spacial score (nSPS) is 11.6. The molecule has 0 fully saturated rings. The molecule has 546 valence electrons. The van der Waals surface area contributed by atoms with Crippen molar-refractivity contribution in [2.45, 2.75) is 38.9 Å². The van der Waals surface area contributed by atoms with Gasteiger partial charge in [0.1, 0.15) is 7.85 Å². The van der Waals surface area contributed by atoms with Crippen molar-refractivity contribution < 1.29 is 13.2 Å². The second kappa shape index (κ2) is 31.7. The van der Waals surface area contributed by atoms with Crippen molar-refractivity contribution in [1.82, 2.24) is 29.9 Å². The number of hydrogen-bond acceptors (Lipinski definition) is 8. The van der Waals surface area contributed by atoms with Crippen molar-refractivity contribution >= 4 is 115 Å². The Morgan fingerprint density at radius 2 is 0.544 bits per heavy atom. The molecule has 2 radical (unpaired) electrons. The van der Waals surface area contributed by atoms with E-state index < -0.39 is 11.2 Å². The summed E-state index contributed by atoms with van der Waals surface area (Å²) in [4.78, 5) is 28.8. The van der Waals surface area contributed by atoms with Crippen LogP contribution >= 0.6 is 15.9 Å². The number of rotatable bonds is 10. The molecule has 20 rings (SSSR count). The lowest BCUT2D eigenvalue weighted by molar-refractivity contribution is -0.107. The highest BCUT2D eigenvalue weighted by Gasteiger charge is 2.32. The van der Waals surface area contributed by atoms with Crippen molar-refractivity contribution in [3.8, 4) is 101 Å². The first-order valence-corrected chi connectivity index (χ1v) is 38.9. The van der Waals surface area contributed by atoms with Crippen LogP contribution in [-0.2, 0) is 0 Å². The summed E-state index contributed by atoms with van der Waals surface area (Å²) in [5, 5.41) is 38.8. The van der Waals surface area contributed by atoms with Crippen molar-refractivity contribution in [3.05, 3.63) is 381 Å². The van der Waals surface area contributed by atoms with Crippen LogP contribution in [0.5, 0.6) is 0 Å². The van der Waals surface area contributed by atoms with Gasteiger partial charge in [-0.1, -0.05) is 313 Å². The van der Waals surface area contributed by atoms with Crippen LogP contribution in [0.1, 0.15) is 30.7 Å². The Morgan fingerprint density at radius 1 is 0.263 bits per heavy atom. The Bertz CT molecular complexity index is 6830. The molecular formula is C104H78BBrN6O2. The molecule has 10 heteroatoms. The third-order valence-corrected chi connectivity index (χ3v) is 22.0. The number of benzene rings is 16. The van der Waals surface area contributed by atoms with Gasteiger partial charge in [0.15, 0.2) is 11.6 Å². The van der Waals surface area contributed by atoms with E-state index in [4.69, 9.17) is 41.0 Å². The number of nitrogens with zero attached hydrogens (tertiary/aromatic N) is 6. The van der Waals surface area contributed by atoms with Crippen LogP contribution < -0.4 is 5.46 Å². The molecule has 4 heterocycles. The zero-order valence-electron chi connectivity index (χ0n) is 65.3. The summed E-state index contributed by atoms with van der Waals surface area (Å²) in [6, 6.07) is 123. The fraction of sp³-hybridized carbons (Fsp3) is 0.0577. The molecule has 0 saturated carbocycles. The Labute approximate surface area is 675 Å². The van der Waals surface area contributed by atoms with Crippen LogP contribution in [0.25, 0.3) is 187 Å². The lowest BCUT2D eigenvalue weighted by Crippen LogP contribution is -2.44. The van der Waals surface area contributed by atoms with Gasteiger partial charge in [-0.15, -0.1) is 0 Å². The lowest BCUT2D eigenvalue weighted by Gasteiger charge is -2.31. The predicted octanol–water partition coefficient (Wildman–Crippen LogP) is 26.0. The molecular weight excluding hydrogens is 1460 g/mol. The van der Waals surface area contributed by atoms with E-state index in [-0.39, 0.29) is 0 Å². The van der Waals surface area contributed by atoms with Crippen LogP contribution in [0, 0.1) is 0 Å². The topological polar surface area (TPSA) is 118 Å². The smallest absolute Gasteiger partial charge is 0.160 e. The summed E-state index contributed by atoms with van der Waals surface area (Å²) in [6.45, 7) is 6.31. The van der Waals surface area contributed by atoms with Gasteiger partial charge in [0.25, 0.3) is 0 Å². The Morgan fingerprint density at radius 3 is 0.947 bits per heavy atom. The van der Waals surface area contributed by atoms with Gasteiger partial charge < -0.3 is 10.2 Å². The van der Waals surface area contributed by atoms with E-state index in [0.717, 1.165) is 88.4 Å². The maximum atomic E-state index is 9.10. The largest absolute Gasteiger partial charge is 0.387 e. The molecule has 0 unspecified atom stereocenters. The molecule has 4 aromatic heterocycles. The molecule has 20 aromatic rings. The second-order valence-corrected chi connectivity index (χ2v) is 30.4. The van der Waals surface area contributed by atoms with Crippen molar-refractivity contribution in [2.24, 2.45) is 0 Å². The van der Waals surface area contributed by atoms with E-state index in [0.29, 0.717) is 17.1 Å². The third kappa shape index (κ3) is 15.1. The van der Waals surface area contributed by atoms with Gasteiger partial charge in [-0.3, -0.25) is 9.97 Å². The molecule has 114 heavy (non-hydrogen) atoms. The Balaban J connectivity index is 0.000000133.